The lowest BCUT2D eigenvalue weighted by molar-refractivity contribution is -0.438. The van der Waals surface area contributed by atoms with E-state index in [0.29, 0.717) is 19.5 Å². The van der Waals surface area contributed by atoms with E-state index in [1.54, 1.807) is 12.1 Å². The van der Waals surface area contributed by atoms with Gasteiger partial charge in [0.05, 0.1) is 10.3 Å². The van der Waals surface area contributed by atoms with Gasteiger partial charge >= 0.3 is 0 Å². The molecule has 0 fully saturated rings. The van der Waals surface area contributed by atoms with Crippen molar-refractivity contribution in [3.05, 3.63) is 88.0 Å². The molecule has 2 aromatic carbocycles. The molecule has 0 saturated heterocycles. The zero-order valence-corrected chi connectivity index (χ0v) is 29.9. The highest BCUT2D eigenvalue weighted by molar-refractivity contribution is 7.85. The summed E-state index contributed by atoms with van der Waals surface area (Å²) < 4.78 is 35.9. The van der Waals surface area contributed by atoms with Crippen molar-refractivity contribution in [3.8, 4) is 0 Å². The highest BCUT2D eigenvalue weighted by Crippen LogP contribution is 2.48. The number of fused-ring (bicyclic) bond motifs is 2. The monoisotopic (exact) mass is 675 g/mol. The predicted octanol–water partition coefficient (Wildman–Crippen LogP) is 8.11. The van der Waals surface area contributed by atoms with Gasteiger partial charge in [-0.3, -0.25) is 9.35 Å². The Morgan fingerprint density at radius 3 is 2.46 bits per heavy atom. The van der Waals surface area contributed by atoms with Gasteiger partial charge in [0.1, 0.15) is 6.54 Å². The first kappa shape index (κ1) is 36.9. The molecule has 2 heterocycles. The van der Waals surface area contributed by atoms with E-state index < -0.39 is 15.5 Å². The summed E-state index contributed by atoms with van der Waals surface area (Å²) in [6.45, 7) is 13.6. The van der Waals surface area contributed by atoms with E-state index in [0.717, 1.165) is 75.0 Å². The van der Waals surface area contributed by atoms with Gasteiger partial charge in [-0.1, -0.05) is 56.1 Å². The van der Waals surface area contributed by atoms with Gasteiger partial charge in [0.25, 0.3) is 10.1 Å². The fraction of sp³-hybridized carbons (Fsp3) is 0.514. The van der Waals surface area contributed by atoms with Crippen LogP contribution in [0.2, 0.25) is 0 Å². The molecule has 0 saturated carbocycles. The second-order valence-electron chi connectivity index (χ2n) is 13.6. The maximum absolute atomic E-state index is 12.4. The molecule has 0 bridgehead atoms. The van der Waals surface area contributed by atoms with Gasteiger partial charge in [0.15, 0.2) is 5.71 Å². The summed E-state index contributed by atoms with van der Waals surface area (Å²) in [6.07, 6.45) is 13.6. The average Bonchev–Trinajstić information content (AvgIpc) is 3.39. The standard InChI is InChI=1S/C37H50N6O4S/c1-6-42-32-23-22-28(48(45,46)47)27-30(32)37(4,5)33(42)19-16-20-34-36(2,3)29-17-11-12-18-31(29)43(34)26-15-9-10-21-35(44)39-24-13-7-8-14-25-40-41-38/h11-12,16-20,22-23,27H,6-10,13-15,21,24-26H2,1-5H3,(H-,39,44,45,46,47)/p+1. The van der Waals surface area contributed by atoms with Crippen molar-refractivity contribution in [1.82, 2.24) is 5.32 Å². The molecule has 2 aliphatic rings. The van der Waals surface area contributed by atoms with E-state index in [1.165, 1.54) is 23.0 Å². The summed E-state index contributed by atoms with van der Waals surface area (Å²) in [5.41, 5.74) is 14.3. The summed E-state index contributed by atoms with van der Waals surface area (Å²) >= 11 is 0. The van der Waals surface area contributed by atoms with Crippen LogP contribution < -0.4 is 10.2 Å². The minimum atomic E-state index is -4.31. The van der Waals surface area contributed by atoms with Gasteiger partial charge in [-0.25, -0.2) is 0 Å². The lowest BCUT2D eigenvalue weighted by Crippen LogP contribution is -2.28. The number of likely N-dealkylation sites (N-methyl/N-ethyl adjacent to an activating group) is 1. The number of carbonyl (C=O) groups excluding carboxylic acids is 1. The second-order valence-corrected chi connectivity index (χ2v) is 15.1. The molecule has 4 rings (SSSR count). The summed E-state index contributed by atoms with van der Waals surface area (Å²) in [5.74, 6) is 0.104. The molecule has 1 amide bonds. The quantitative estimate of drug-likeness (QED) is 0.0436. The fourth-order valence-electron chi connectivity index (χ4n) is 7.02. The molecule has 11 heteroatoms. The van der Waals surface area contributed by atoms with Crippen molar-refractivity contribution >= 4 is 33.1 Å². The molecule has 0 atom stereocenters. The SMILES string of the molecule is CCN1/C(=C/C=C/C2=[N+](CCCCCC(=O)NCCCCCCN=[N+]=[N-])c3ccccc3C2(C)C)C(C)(C)c2cc(S(=O)(=O)O)ccc21. The minimum absolute atomic E-state index is 0.0915. The van der Waals surface area contributed by atoms with E-state index in [-0.39, 0.29) is 16.2 Å². The van der Waals surface area contributed by atoms with Gasteiger partial charge in [0.2, 0.25) is 11.6 Å². The third-order valence-corrected chi connectivity index (χ3v) is 10.5. The predicted molar refractivity (Wildman–Crippen MR) is 193 cm³/mol. The zero-order chi connectivity index (χ0) is 35.0. The van der Waals surface area contributed by atoms with Gasteiger partial charge in [-0.05, 0) is 81.8 Å². The first-order chi connectivity index (χ1) is 22.8. The van der Waals surface area contributed by atoms with Gasteiger partial charge in [0, 0.05) is 71.9 Å². The van der Waals surface area contributed by atoms with Crippen LogP contribution in [-0.4, -0.2) is 55.3 Å². The molecule has 2 N–H and O–H groups in total. The van der Waals surface area contributed by atoms with Crippen LogP contribution in [0.3, 0.4) is 0 Å². The molecule has 48 heavy (non-hydrogen) atoms. The van der Waals surface area contributed by atoms with Crippen molar-refractivity contribution in [1.29, 1.82) is 0 Å². The van der Waals surface area contributed by atoms with Crippen LogP contribution in [0.5, 0.6) is 0 Å². The van der Waals surface area contributed by atoms with Gasteiger partial charge < -0.3 is 10.2 Å². The Morgan fingerprint density at radius 2 is 1.73 bits per heavy atom. The number of benzene rings is 2. The van der Waals surface area contributed by atoms with E-state index in [2.05, 4.69) is 102 Å². The number of anilines is 1. The number of hydrogen-bond acceptors (Lipinski definition) is 5. The van der Waals surface area contributed by atoms with Crippen LogP contribution in [0.25, 0.3) is 10.4 Å². The summed E-state index contributed by atoms with van der Waals surface area (Å²) in [7, 11) is -4.31. The Kier molecular flexibility index (Phi) is 12.3. The normalized spacial score (nSPS) is 17.1. The van der Waals surface area contributed by atoms with Crippen molar-refractivity contribution in [2.75, 3.05) is 31.1 Å². The number of allylic oxidation sites excluding steroid dienone is 4. The molecule has 258 valence electrons. The molecule has 2 aliphatic heterocycles. The number of para-hydroxylation sites is 1. The number of carbonyl (C=O) groups is 1. The van der Waals surface area contributed by atoms with Crippen molar-refractivity contribution in [3.63, 3.8) is 0 Å². The van der Waals surface area contributed by atoms with Crippen LogP contribution in [0, 0.1) is 0 Å². The van der Waals surface area contributed by atoms with E-state index in [1.807, 2.05) is 0 Å². The van der Waals surface area contributed by atoms with Crippen LogP contribution in [0.1, 0.15) is 97.1 Å². The maximum Gasteiger partial charge on any atom is 0.294 e. The summed E-state index contributed by atoms with van der Waals surface area (Å²) in [6, 6.07) is 13.4. The van der Waals surface area contributed by atoms with Crippen LogP contribution >= 0.6 is 0 Å². The number of nitrogens with zero attached hydrogens (tertiary/aromatic N) is 5. The van der Waals surface area contributed by atoms with Crippen LogP contribution in [0.15, 0.2) is 76.4 Å². The van der Waals surface area contributed by atoms with E-state index in [9.17, 15) is 17.8 Å². The molecule has 0 spiro atoms. The van der Waals surface area contributed by atoms with Crippen LogP contribution in [0.4, 0.5) is 11.4 Å². The second kappa shape index (κ2) is 16.0. The molecule has 10 nitrogen and oxygen atoms in total. The van der Waals surface area contributed by atoms with Gasteiger partial charge in [-0.15, -0.1) is 0 Å². The molecular weight excluding hydrogens is 625 g/mol. The van der Waals surface area contributed by atoms with Crippen molar-refractivity contribution < 1.29 is 22.3 Å². The number of rotatable bonds is 17. The molecule has 0 radical (unpaired) electrons. The average molecular weight is 676 g/mol. The van der Waals surface area contributed by atoms with Crippen molar-refractivity contribution in [2.24, 2.45) is 5.11 Å². The number of unbranched alkanes of at least 4 members (excludes halogenated alkanes) is 5. The Morgan fingerprint density at radius 1 is 1.00 bits per heavy atom. The number of amides is 1. The van der Waals surface area contributed by atoms with E-state index >= 15 is 0 Å². The Balaban J connectivity index is 1.42. The molecule has 0 aliphatic carbocycles. The zero-order valence-electron chi connectivity index (χ0n) is 29.1. The third kappa shape index (κ3) is 8.38. The molecule has 2 aromatic rings. The Labute approximate surface area is 286 Å². The first-order valence-electron chi connectivity index (χ1n) is 17.1. The van der Waals surface area contributed by atoms with Gasteiger partial charge in [-0.2, -0.15) is 13.0 Å². The van der Waals surface area contributed by atoms with E-state index in [4.69, 9.17) is 5.53 Å². The third-order valence-electron chi connectivity index (χ3n) is 9.64. The highest BCUT2D eigenvalue weighted by Gasteiger charge is 2.44. The Hall–Kier alpha value is -3.92. The topological polar surface area (TPSA) is 138 Å². The minimum Gasteiger partial charge on any atom is -0.356 e. The lowest BCUT2D eigenvalue weighted by atomic mass is 9.81. The summed E-state index contributed by atoms with van der Waals surface area (Å²) in [4.78, 5) is 17.2. The number of hydrogen-bond donors (Lipinski definition) is 2. The fourth-order valence-corrected chi connectivity index (χ4v) is 7.53. The molecule has 0 unspecified atom stereocenters. The largest absolute Gasteiger partial charge is 0.356 e. The van der Waals surface area contributed by atoms with Crippen molar-refractivity contribution in [2.45, 2.75) is 102 Å². The Bertz CT molecular complexity index is 1740. The lowest BCUT2D eigenvalue weighted by Gasteiger charge is -2.25. The molecular formula is C37H51N6O4S+. The number of nitrogens with one attached hydrogen (secondary N) is 1. The summed E-state index contributed by atoms with van der Waals surface area (Å²) in [5, 5.41) is 6.58. The number of azide groups is 1. The first-order valence-corrected chi connectivity index (χ1v) is 18.6. The van der Waals surface area contributed by atoms with Crippen LogP contribution in [-0.2, 0) is 25.7 Å². The highest BCUT2D eigenvalue weighted by atomic mass is 32.2. The smallest absolute Gasteiger partial charge is 0.294 e. The maximum atomic E-state index is 12.4. The molecule has 0 aromatic heterocycles.